The fourth-order valence-corrected chi connectivity index (χ4v) is 4.07. The van der Waals surface area contributed by atoms with Crippen LogP contribution in [-0.2, 0) is 29.1 Å². The van der Waals surface area contributed by atoms with Crippen LogP contribution in [0.4, 0.5) is 5.69 Å². The van der Waals surface area contributed by atoms with Crippen LogP contribution in [-0.4, -0.2) is 31.9 Å². The predicted molar refractivity (Wildman–Crippen MR) is 134 cm³/mol. The number of ether oxygens (including phenoxy) is 3. The predicted octanol–water partition coefficient (Wildman–Crippen LogP) is 5.47. The van der Waals surface area contributed by atoms with Gasteiger partial charge in [-0.05, 0) is 48.2 Å². The Labute approximate surface area is 204 Å². The topological polar surface area (TPSA) is 69.2 Å². The minimum atomic E-state index is -0.715. The average Bonchev–Trinajstić information content (AvgIpc) is 3.05. The van der Waals surface area contributed by atoms with Crippen molar-refractivity contribution in [1.82, 2.24) is 0 Å². The second-order valence-corrected chi connectivity index (χ2v) is 8.39. The number of nitrogens with one attached hydrogen (secondary N) is 1. The molecule has 0 radical (unpaired) electrons. The van der Waals surface area contributed by atoms with Crippen LogP contribution in [0, 0.1) is 0 Å². The summed E-state index contributed by atoms with van der Waals surface area (Å²) in [6.45, 7) is 0.559. The van der Waals surface area contributed by atoms with Crippen LogP contribution in [0.5, 0.6) is 11.5 Å². The van der Waals surface area contributed by atoms with Gasteiger partial charge < -0.3 is 19.5 Å². The zero-order valence-corrected chi connectivity index (χ0v) is 20.0. The number of esters is 1. The van der Waals surface area contributed by atoms with Crippen molar-refractivity contribution in [2.75, 3.05) is 19.5 Å². The number of hydrogen-bond donors (Lipinski definition) is 1. The van der Waals surface area contributed by atoms with E-state index in [1.54, 1.807) is 14.2 Å². The van der Waals surface area contributed by atoms with E-state index in [4.69, 9.17) is 30.8 Å². The summed E-state index contributed by atoms with van der Waals surface area (Å²) in [5.41, 5.74) is 4.45. The summed E-state index contributed by atoms with van der Waals surface area (Å²) < 4.78 is 16.5. The first-order chi connectivity index (χ1) is 16.6. The molecule has 0 aromatic heterocycles. The molecule has 1 unspecified atom stereocenters. The molecule has 3 aromatic carbocycles. The molecule has 0 spiro atoms. The molecular formula is C27H27ClN2O4. The third-order valence-corrected chi connectivity index (χ3v) is 6.00. The summed E-state index contributed by atoms with van der Waals surface area (Å²) >= 11 is 6.22. The third-order valence-electron chi connectivity index (χ3n) is 5.76. The lowest BCUT2D eigenvalue weighted by molar-refractivity contribution is -0.144. The van der Waals surface area contributed by atoms with Gasteiger partial charge in [0.15, 0.2) is 6.04 Å². The molecule has 3 aromatic rings. The maximum absolute atomic E-state index is 13.2. The highest BCUT2D eigenvalue weighted by molar-refractivity contribution is 6.31. The normalized spacial score (nSPS) is 16.2. The Morgan fingerprint density at radius 2 is 1.85 bits per heavy atom. The Balaban J connectivity index is 1.60. The maximum Gasteiger partial charge on any atom is 0.334 e. The van der Waals surface area contributed by atoms with E-state index in [2.05, 4.69) is 5.32 Å². The van der Waals surface area contributed by atoms with Gasteiger partial charge in [-0.15, -0.1) is 0 Å². The lowest BCUT2D eigenvalue weighted by Gasteiger charge is -2.19. The molecule has 0 saturated carbocycles. The highest BCUT2D eigenvalue weighted by Crippen LogP contribution is 2.29. The number of aliphatic imine (C=N–C) groups is 1. The first-order valence-electron chi connectivity index (χ1n) is 11.1. The number of carbonyl (C=O) groups excluding carboxylic acids is 1. The van der Waals surface area contributed by atoms with E-state index in [0.29, 0.717) is 29.5 Å². The number of benzene rings is 3. The van der Waals surface area contributed by atoms with Gasteiger partial charge in [0.1, 0.15) is 18.1 Å². The minimum Gasteiger partial charge on any atom is -0.497 e. The Morgan fingerprint density at radius 1 is 1.03 bits per heavy atom. The van der Waals surface area contributed by atoms with E-state index < -0.39 is 6.04 Å². The second kappa shape index (κ2) is 11.1. The Hall–Kier alpha value is -3.51. The van der Waals surface area contributed by atoms with Crippen LogP contribution in [0.25, 0.3) is 0 Å². The van der Waals surface area contributed by atoms with Gasteiger partial charge in [0.05, 0.1) is 20.8 Å². The smallest absolute Gasteiger partial charge is 0.334 e. The van der Waals surface area contributed by atoms with Gasteiger partial charge >= 0.3 is 5.97 Å². The Kier molecular flexibility index (Phi) is 7.70. The molecule has 0 amide bonds. The molecule has 1 atom stereocenters. The van der Waals surface area contributed by atoms with Crippen LogP contribution in [0.1, 0.15) is 23.1 Å². The molecule has 176 valence electrons. The van der Waals surface area contributed by atoms with Gasteiger partial charge in [0, 0.05) is 28.1 Å². The lowest BCUT2D eigenvalue weighted by atomic mass is 10.0. The zero-order chi connectivity index (χ0) is 23.9. The van der Waals surface area contributed by atoms with Crippen LogP contribution < -0.4 is 14.8 Å². The zero-order valence-electron chi connectivity index (χ0n) is 19.2. The molecule has 1 aliphatic heterocycles. The van der Waals surface area contributed by atoms with Crippen molar-refractivity contribution in [3.63, 3.8) is 0 Å². The SMILES string of the molecule is COc1ccc(CN=C2CCc3ccc(Cl)cc3NC2C(=O)OCc2ccccc2)c(OC)c1. The fraction of sp³-hybridized carbons (Fsp3) is 0.259. The van der Waals surface area contributed by atoms with Crippen LogP contribution in [0.2, 0.25) is 5.02 Å². The molecule has 4 rings (SSSR count). The molecule has 0 fully saturated rings. The van der Waals surface area contributed by atoms with E-state index in [1.807, 2.05) is 66.7 Å². The lowest BCUT2D eigenvalue weighted by Crippen LogP contribution is -2.38. The first kappa shape index (κ1) is 23.6. The number of nitrogens with zero attached hydrogens (tertiary/aromatic N) is 1. The van der Waals surface area contributed by atoms with Gasteiger partial charge in [-0.3, -0.25) is 4.99 Å². The van der Waals surface area contributed by atoms with Gasteiger partial charge in [0.2, 0.25) is 0 Å². The van der Waals surface area contributed by atoms with Gasteiger partial charge in [0.25, 0.3) is 0 Å². The summed E-state index contributed by atoms with van der Waals surface area (Å²) in [5, 5.41) is 3.93. The summed E-state index contributed by atoms with van der Waals surface area (Å²) in [5.74, 6) is 1.01. The van der Waals surface area contributed by atoms with Gasteiger partial charge in [-0.1, -0.05) is 48.0 Å². The molecular weight excluding hydrogens is 452 g/mol. The van der Waals surface area contributed by atoms with Crippen molar-refractivity contribution < 1.29 is 19.0 Å². The van der Waals surface area contributed by atoms with Gasteiger partial charge in [-0.25, -0.2) is 4.79 Å². The van der Waals surface area contributed by atoms with Crippen molar-refractivity contribution >= 4 is 29.0 Å². The second-order valence-electron chi connectivity index (χ2n) is 7.96. The average molecular weight is 479 g/mol. The molecule has 34 heavy (non-hydrogen) atoms. The summed E-state index contributed by atoms with van der Waals surface area (Å²) in [6, 6.07) is 20.2. The van der Waals surface area contributed by atoms with E-state index >= 15 is 0 Å². The number of hydrogen-bond acceptors (Lipinski definition) is 6. The fourth-order valence-electron chi connectivity index (χ4n) is 3.89. The van der Waals surface area contributed by atoms with Crippen LogP contribution >= 0.6 is 11.6 Å². The monoisotopic (exact) mass is 478 g/mol. The van der Waals surface area contributed by atoms with Crippen molar-refractivity contribution in [3.8, 4) is 11.5 Å². The Morgan fingerprint density at radius 3 is 2.62 bits per heavy atom. The number of rotatable bonds is 7. The summed E-state index contributed by atoms with van der Waals surface area (Å²) in [7, 11) is 3.23. The number of fused-ring (bicyclic) bond motifs is 1. The third kappa shape index (κ3) is 5.69. The van der Waals surface area contributed by atoms with Crippen molar-refractivity contribution in [2.45, 2.75) is 32.0 Å². The van der Waals surface area contributed by atoms with Crippen molar-refractivity contribution in [1.29, 1.82) is 0 Å². The molecule has 0 saturated heterocycles. The molecule has 7 heteroatoms. The summed E-state index contributed by atoms with van der Waals surface area (Å²) in [4.78, 5) is 18.0. The molecule has 1 heterocycles. The molecule has 1 N–H and O–H groups in total. The molecule has 0 aliphatic carbocycles. The standard InChI is InChI=1S/C27H27ClN2O4/c1-32-22-12-9-20(25(15-22)33-2)16-29-23-13-10-19-8-11-21(28)14-24(19)30-26(23)27(31)34-17-18-6-4-3-5-7-18/h3-9,11-12,14-15,26,30H,10,13,16-17H2,1-2H3. The highest BCUT2D eigenvalue weighted by Gasteiger charge is 2.29. The van der Waals surface area contributed by atoms with E-state index in [9.17, 15) is 4.79 Å². The van der Waals surface area contributed by atoms with E-state index in [-0.39, 0.29) is 12.6 Å². The number of anilines is 1. The number of carbonyl (C=O) groups is 1. The summed E-state index contributed by atoms with van der Waals surface area (Å²) in [6.07, 6.45) is 1.35. The van der Waals surface area contributed by atoms with Crippen LogP contribution in [0.3, 0.4) is 0 Å². The molecule has 0 bridgehead atoms. The van der Waals surface area contributed by atoms with Crippen LogP contribution in [0.15, 0.2) is 71.7 Å². The number of methoxy groups -OCH3 is 2. The Bertz CT molecular complexity index is 1180. The maximum atomic E-state index is 13.2. The van der Waals surface area contributed by atoms with Gasteiger partial charge in [-0.2, -0.15) is 0 Å². The number of halogens is 1. The van der Waals surface area contributed by atoms with Crippen molar-refractivity contribution in [2.24, 2.45) is 4.99 Å². The quantitative estimate of drug-likeness (QED) is 0.456. The van der Waals surface area contributed by atoms with E-state index in [0.717, 1.165) is 34.5 Å². The van der Waals surface area contributed by atoms with E-state index in [1.165, 1.54) is 0 Å². The molecule has 1 aliphatic rings. The first-order valence-corrected chi connectivity index (χ1v) is 11.4. The minimum absolute atomic E-state index is 0.194. The molecule has 6 nitrogen and oxygen atoms in total. The van der Waals surface area contributed by atoms with Crippen molar-refractivity contribution in [3.05, 3.63) is 88.4 Å². The largest absolute Gasteiger partial charge is 0.497 e. The highest BCUT2D eigenvalue weighted by atomic mass is 35.5. The number of aryl methyl sites for hydroxylation is 1.